The first-order valence-electron chi connectivity index (χ1n) is 8.13. The first-order valence-corrected chi connectivity index (χ1v) is 9.35. The molecule has 6 nitrogen and oxygen atoms in total. The van der Waals surface area contributed by atoms with E-state index in [0.29, 0.717) is 27.3 Å². The maximum absolute atomic E-state index is 12.6. The number of esters is 1. The number of rotatable bonds is 8. The van der Waals surface area contributed by atoms with Crippen LogP contribution >= 0.6 is 24.0 Å². The number of thioether (sulfide) groups is 1. The lowest BCUT2D eigenvalue weighted by molar-refractivity contribution is -0.143. The van der Waals surface area contributed by atoms with Crippen LogP contribution in [0.4, 0.5) is 0 Å². The van der Waals surface area contributed by atoms with Crippen molar-refractivity contribution in [3.05, 3.63) is 28.7 Å². The third kappa shape index (κ3) is 4.98. The predicted molar refractivity (Wildman–Crippen MR) is 105 cm³/mol. The molecule has 1 aromatic rings. The minimum atomic E-state index is -0.329. The summed E-state index contributed by atoms with van der Waals surface area (Å²) in [6, 6.07) is 5.39. The number of thiocarbonyl (C=S) groups is 1. The molecular weight excluding hydrogens is 374 g/mol. The molecule has 0 unspecified atom stereocenters. The van der Waals surface area contributed by atoms with E-state index in [1.54, 1.807) is 32.4 Å². The fourth-order valence-corrected chi connectivity index (χ4v) is 3.59. The summed E-state index contributed by atoms with van der Waals surface area (Å²) in [5, 5.41) is 0. The third-order valence-corrected chi connectivity index (χ3v) is 4.96. The average Bonchev–Trinajstić information content (AvgIpc) is 2.91. The van der Waals surface area contributed by atoms with E-state index in [1.807, 2.05) is 13.0 Å². The van der Waals surface area contributed by atoms with Crippen LogP contribution in [0.1, 0.15) is 25.3 Å². The van der Waals surface area contributed by atoms with Crippen LogP contribution in [-0.4, -0.2) is 48.5 Å². The molecular formula is C18H21NO5S2. The molecule has 1 saturated heterocycles. The lowest BCUT2D eigenvalue weighted by atomic mass is 10.2. The lowest BCUT2D eigenvalue weighted by Crippen LogP contribution is -2.30. The molecule has 0 radical (unpaired) electrons. The molecule has 1 amide bonds. The number of hydrogen-bond acceptors (Lipinski definition) is 7. The minimum Gasteiger partial charge on any atom is -0.493 e. The number of nitrogens with zero attached hydrogens (tertiary/aromatic N) is 1. The standard InChI is InChI=1S/C18H21NO5S2/c1-4-9-24-16(20)7-8-19-17(21)15(26-18(19)25)11-12-5-6-13(22-2)14(10-12)23-3/h5-6,10-11H,4,7-9H2,1-3H3/b15-11-. The van der Waals surface area contributed by atoms with Crippen LogP contribution in [0.25, 0.3) is 6.08 Å². The zero-order valence-electron chi connectivity index (χ0n) is 14.9. The molecule has 1 fully saturated rings. The highest BCUT2D eigenvalue weighted by Gasteiger charge is 2.32. The van der Waals surface area contributed by atoms with Crippen molar-refractivity contribution in [2.24, 2.45) is 0 Å². The van der Waals surface area contributed by atoms with Gasteiger partial charge in [-0.05, 0) is 30.2 Å². The summed E-state index contributed by atoms with van der Waals surface area (Å²) in [5.74, 6) is 0.654. The Kier molecular flexibility index (Phi) is 7.47. The largest absolute Gasteiger partial charge is 0.493 e. The summed E-state index contributed by atoms with van der Waals surface area (Å²) >= 11 is 6.48. The van der Waals surface area contributed by atoms with Crippen LogP contribution in [-0.2, 0) is 14.3 Å². The molecule has 0 N–H and O–H groups in total. The van der Waals surface area contributed by atoms with E-state index in [1.165, 1.54) is 16.7 Å². The van der Waals surface area contributed by atoms with E-state index in [0.717, 1.165) is 12.0 Å². The first-order chi connectivity index (χ1) is 12.5. The van der Waals surface area contributed by atoms with Gasteiger partial charge in [-0.2, -0.15) is 0 Å². The van der Waals surface area contributed by atoms with Gasteiger partial charge in [0.15, 0.2) is 11.5 Å². The smallest absolute Gasteiger partial charge is 0.307 e. The summed E-state index contributed by atoms with van der Waals surface area (Å²) in [6.07, 6.45) is 2.63. The molecule has 0 aliphatic carbocycles. The number of carbonyl (C=O) groups excluding carboxylic acids is 2. The van der Waals surface area contributed by atoms with Crippen molar-refractivity contribution in [2.45, 2.75) is 19.8 Å². The summed E-state index contributed by atoms with van der Waals surface area (Å²) in [5.41, 5.74) is 0.797. The average molecular weight is 396 g/mol. The van der Waals surface area contributed by atoms with Crippen LogP contribution in [0, 0.1) is 0 Å². The molecule has 0 atom stereocenters. The summed E-state index contributed by atoms with van der Waals surface area (Å²) in [4.78, 5) is 26.1. The number of amides is 1. The number of ether oxygens (including phenoxy) is 3. The molecule has 0 bridgehead atoms. The van der Waals surface area contributed by atoms with Crippen LogP contribution in [0.3, 0.4) is 0 Å². The molecule has 140 valence electrons. The van der Waals surface area contributed by atoms with Crippen molar-refractivity contribution in [3.8, 4) is 11.5 Å². The van der Waals surface area contributed by atoms with Gasteiger partial charge >= 0.3 is 5.97 Å². The van der Waals surface area contributed by atoms with E-state index in [2.05, 4.69) is 0 Å². The highest BCUT2D eigenvalue weighted by molar-refractivity contribution is 8.26. The second-order valence-corrected chi connectivity index (χ2v) is 7.09. The molecule has 1 aliphatic rings. The Balaban J connectivity index is 2.08. The highest BCUT2D eigenvalue weighted by Crippen LogP contribution is 2.34. The van der Waals surface area contributed by atoms with E-state index in [4.69, 9.17) is 26.4 Å². The summed E-state index contributed by atoms with van der Waals surface area (Å²) in [6.45, 7) is 2.53. The summed E-state index contributed by atoms with van der Waals surface area (Å²) in [7, 11) is 3.12. The Bertz CT molecular complexity index is 732. The minimum absolute atomic E-state index is 0.121. The highest BCUT2D eigenvalue weighted by atomic mass is 32.2. The number of carbonyl (C=O) groups is 2. The predicted octanol–water partition coefficient (Wildman–Crippen LogP) is 3.25. The van der Waals surface area contributed by atoms with Crippen LogP contribution < -0.4 is 9.47 Å². The van der Waals surface area contributed by atoms with Gasteiger partial charge in [-0.15, -0.1) is 0 Å². The van der Waals surface area contributed by atoms with Crippen molar-refractivity contribution < 1.29 is 23.8 Å². The fourth-order valence-electron chi connectivity index (χ4n) is 2.28. The topological polar surface area (TPSA) is 65.1 Å². The summed E-state index contributed by atoms with van der Waals surface area (Å²) < 4.78 is 15.9. The zero-order chi connectivity index (χ0) is 19.1. The Morgan fingerprint density at radius 2 is 2.00 bits per heavy atom. The Hall–Kier alpha value is -2.06. The van der Waals surface area contributed by atoms with E-state index in [9.17, 15) is 9.59 Å². The van der Waals surface area contributed by atoms with Crippen molar-refractivity contribution >= 4 is 46.3 Å². The van der Waals surface area contributed by atoms with Gasteiger partial charge < -0.3 is 14.2 Å². The van der Waals surface area contributed by atoms with Crippen molar-refractivity contribution in [1.82, 2.24) is 4.90 Å². The molecule has 2 rings (SSSR count). The molecule has 8 heteroatoms. The second-order valence-electron chi connectivity index (χ2n) is 5.42. The van der Waals surface area contributed by atoms with Gasteiger partial charge in [0.25, 0.3) is 5.91 Å². The van der Waals surface area contributed by atoms with Gasteiger partial charge in [0.2, 0.25) is 0 Å². The monoisotopic (exact) mass is 395 g/mol. The number of methoxy groups -OCH3 is 2. The normalized spacial score (nSPS) is 15.5. The fraction of sp³-hybridized carbons (Fsp3) is 0.389. The number of benzene rings is 1. The van der Waals surface area contributed by atoms with Crippen molar-refractivity contribution in [1.29, 1.82) is 0 Å². The molecule has 1 heterocycles. The van der Waals surface area contributed by atoms with Gasteiger partial charge in [0.05, 0.1) is 32.2 Å². The Labute approximate surface area is 162 Å². The van der Waals surface area contributed by atoms with Crippen molar-refractivity contribution in [2.75, 3.05) is 27.4 Å². The SMILES string of the molecule is CCCOC(=O)CCN1C(=O)/C(=C/c2ccc(OC)c(OC)c2)SC1=S. The van der Waals surface area contributed by atoms with Crippen LogP contribution in [0.15, 0.2) is 23.1 Å². The second kappa shape index (κ2) is 9.59. The molecule has 0 saturated carbocycles. The molecule has 1 aromatic carbocycles. The maximum atomic E-state index is 12.6. The molecule has 26 heavy (non-hydrogen) atoms. The molecule has 0 aromatic heterocycles. The van der Waals surface area contributed by atoms with Gasteiger partial charge in [-0.3, -0.25) is 14.5 Å². The van der Waals surface area contributed by atoms with E-state index >= 15 is 0 Å². The third-order valence-electron chi connectivity index (χ3n) is 3.59. The van der Waals surface area contributed by atoms with Crippen LogP contribution in [0.5, 0.6) is 11.5 Å². The first kappa shape index (κ1) is 20.3. The van der Waals surface area contributed by atoms with E-state index < -0.39 is 0 Å². The van der Waals surface area contributed by atoms with Crippen LogP contribution in [0.2, 0.25) is 0 Å². The Morgan fingerprint density at radius 1 is 1.27 bits per heavy atom. The number of hydrogen-bond donors (Lipinski definition) is 0. The molecule has 1 aliphatic heterocycles. The van der Waals surface area contributed by atoms with Gasteiger partial charge in [-0.1, -0.05) is 37.0 Å². The Morgan fingerprint density at radius 3 is 2.65 bits per heavy atom. The van der Waals surface area contributed by atoms with Gasteiger partial charge in [0.1, 0.15) is 4.32 Å². The zero-order valence-corrected chi connectivity index (χ0v) is 16.6. The quantitative estimate of drug-likeness (QED) is 0.380. The lowest BCUT2D eigenvalue weighted by Gasteiger charge is -2.13. The van der Waals surface area contributed by atoms with Gasteiger partial charge in [0, 0.05) is 6.54 Å². The van der Waals surface area contributed by atoms with Gasteiger partial charge in [-0.25, -0.2) is 0 Å². The van der Waals surface area contributed by atoms with Crippen molar-refractivity contribution in [3.63, 3.8) is 0 Å². The van der Waals surface area contributed by atoms with E-state index in [-0.39, 0.29) is 24.8 Å². The molecule has 0 spiro atoms. The maximum Gasteiger partial charge on any atom is 0.307 e.